The van der Waals surface area contributed by atoms with Crippen molar-refractivity contribution in [2.75, 3.05) is 6.61 Å². The lowest BCUT2D eigenvalue weighted by Crippen LogP contribution is -2.70. The molecule has 0 heterocycles. The van der Waals surface area contributed by atoms with E-state index >= 15 is 0 Å². The molecule has 0 N–H and O–H groups in total. The van der Waals surface area contributed by atoms with E-state index in [4.69, 9.17) is 0 Å². The molecule has 4 aliphatic carbocycles. The second kappa shape index (κ2) is 8.51. The van der Waals surface area contributed by atoms with Crippen molar-refractivity contribution in [1.82, 2.24) is 0 Å². The molecular weight excluding hydrogens is 574 g/mol. The van der Waals surface area contributed by atoms with Gasteiger partial charge in [0.15, 0.2) is 5.41 Å². The predicted octanol–water partition coefficient (Wildman–Crippen LogP) is 7.77. The molecule has 2 nitrogen and oxygen atoms in total. The van der Waals surface area contributed by atoms with Gasteiger partial charge in [-0.1, -0.05) is 13.8 Å². The number of carbonyl (C=O) groups is 1. The molecule has 0 spiro atoms. The molecule has 9 unspecified atom stereocenters. The van der Waals surface area contributed by atoms with Gasteiger partial charge < -0.3 is 4.74 Å². The van der Waals surface area contributed by atoms with Crippen molar-refractivity contribution in [1.29, 1.82) is 0 Å². The Morgan fingerprint density at radius 3 is 1.72 bits per heavy atom. The minimum absolute atomic E-state index is 0.0217. The number of hydrogen-bond acceptors (Lipinski definition) is 2. The first-order chi connectivity index (χ1) is 17.4. The topological polar surface area (TPSA) is 26.3 Å². The average Bonchev–Trinajstić information content (AvgIpc) is 3.49. The van der Waals surface area contributed by atoms with E-state index in [1.54, 1.807) is 0 Å². The highest BCUT2D eigenvalue weighted by Gasteiger charge is 2.90. The van der Waals surface area contributed by atoms with Crippen LogP contribution in [0.2, 0.25) is 0 Å². The summed E-state index contributed by atoms with van der Waals surface area (Å²) in [5.74, 6) is -18.2. The van der Waals surface area contributed by atoms with Crippen molar-refractivity contribution < 1.29 is 71.0 Å². The molecule has 4 fully saturated rings. The molecule has 0 amide bonds. The smallest absolute Gasteiger partial charge is 0.438 e. The SMILES string of the molecule is CC1C(C)C2CC1C1C3CC(C21)C(C(=O)OCCC(F)(F)C(F)(F)C(F)(C(F)(F)F)C(F)(F)F)(C(F)(F)F)C3. The van der Waals surface area contributed by atoms with Gasteiger partial charge in [-0.25, -0.2) is 4.39 Å². The Balaban J connectivity index is 1.54. The van der Waals surface area contributed by atoms with Crippen molar-refractivity contribution in [3.63, 3.8) is 0 Å². The molecule has 0 saturated heterocycles. The number of ether oxygens (including phenoxy) is 1. The molecule has 0 aromatic heterocycles. The molecule has 0 aromatic carbocycles. The van der Waals surface area contributed by atoms with Crippen LogP contribution in [0, 0.1) is 52.8 Å². The minimum Gasteiger partial charge on any atom is -0.465 e. The highest BCUT2D eigenvalue weighted by molar-refractivity contribution is 5.79. The Bertz CT molecular complexity index is 971. The van der Waals surface area contributed by atoms with Gasteiger partial charge in [-0.2, -0.15) is 57.1 Å². The zero-order valence-corrected chi connectivity index (χ0v) is 20.3. The summed E-state index contributed by atoms with van der Waals surface area (Å²) in [6, 6.07) is 0. The molecule has 16 heteroatoms. The molecular formula is C23H24F14O2. The number of hydrogen-bond donors (Lipinski definition) is 0. The van der Waals surface area contributed by atoms with Crippen LogP contribution in [0.1, 0.15) is 39.5 Å². The first kappa shape index (κ1) is 30.4. The summed E-state index contributed by atoms with van der Waals surface area (Å²) in [4.78, 5) is 12.8. The molecule has 226 valence electrons. The monoisotopic (exact) mass is 598 g/mol. The van der Waals surface area contributed by atoms with Crippen molar-refractivity contribution in [3.05, 3.63) is 0 Å². The summed E-state index contributed by atoms with van der Waals surface area (Å²) in [7, 11) is 0. The molecule has 9 atom stereocenters. The van der Waals surface area contributed by atoms with Gasteiger partial charge in [-0.05, 0) is 66.6 Å². The molecule has 4 bridgehead atoms. The lowest BCUT2D eigenvalue weighted by molar-refractivity contribution is -0.427. The normalized spacial score (nSPS) is 38.9. The lowest BCUT2D eigenvalue weighted by atomic mass is 9.57. The van der Waals surface area contributed by atoms with E-state index in [1.165, 1.54) is 0 Å². The summed E-state index contributed by atoms with van der Waals surface area (Å²) in [6.45, 7) is 1.76. The third-order valence-electron chi connectivity index (χ3n) is 10.1. The molecule has 4 saturated carbocycles. The molecule has 0 aliphatic heterocycles. The predicted molar refractivity (Wildman–Crippen MR) is 103 cm³/mol. The van der Waals surface area contributed by atoms with Crippen molar-refractivity contribution in [2.24, 2.45) is 52.8 Å². The third-order valence-corrected chi connectivity index (χ3v) is 10.1. The number of rotatable bonds is 6. The molecule has 4 aliphatic rings. The fourth-order valence-electron chi connectivity index (χ4n) is 8.30. The van der Waals surface area contributed by atoms with Gasteiger partial charge in [-0.15, -0.1) is 0 Å². The number of esters is 1. The second-order valence-electron chi connectivity index (χ2n) is 11.5. The Morgan fingerprint density at radius 1 is 0.769 bits per heavy atom. The second-order valence-corrected chi connectivity index (χ2v) is 11.5. The van der Waals surface area contributed by atoms with Crippen molar-refractivity contribution in [3.8, 4) is 0 Å². The van der Waals surface area contributed by atoms with Gasteiger partial charge in [0.1, 0.15) is 0 Å². The van der Waals surface area contributed by atoms with Crippen LogP contribution >= 0.6 is 0 Å². The van der Waals surface area contributed by atoms with Crippen LogP contribution in [-0.2, 0) is 9.53 Å². The average molecular weight is 598 g/mol. The van der Waals surface area contributed by atoms with Crippen LogP contribution in [0.5, 0.6) is 0 Å². The van der Waals surface area contributed by atoms with Crippen LogP contribution < -0.4 is 0 Å². The quantitative estimate of drug-likeness (QED) is 0.178. The first-order valence-corrected chi connectivity index (χ1v) is 12.2. The third kappa shape index (κ3) is 3.76. The summed E-state index contributed by atoms with van der Waals surface area (Å²) < 4.78 is 193. The fraction of sp³-hybridized carbons (Fsp3) is 0.957. The van der Waals surface area contributed by atoms with Crippen LogP contribution in [0.3, 0.4) is 0 Å². The molecule has 0 aromatic rings. The summed E-state index contributed by atoms with van der Waals surface area (Å²) in [5.41, 5.74) is -10.9. The Hall–Kier alpha value is -1.51. The molecule has 39 heavy (non-hydrogen) atoms. The van der Waals surface area contributed by atoms with Gasteiger partial charge in [0.2, 0.25) is 0 Å². The van der Waals surface area contributed by atoms with E-state index in [9.17, 15) is 66.3 Å². The number of halogens is 14. The Labute approximate surface area is 212 Å². The van der Waals surface area contributed by atoms with E-state index in [0.717, 1.165) is 0 Å². The number of carbonyl (C=O) groups excluding carboxylic acids is 1. The maximum Gasteiger partial charge on any atom is 0.438 e. The summed E-state index contributed by atoms with van der Waals surface area (Å²) >= 11 is 0. The van der Waals surface area contributed by atoms with Crippen LogP contribution in [0.4, 0.5) is 61.5 Å². The minimum atomic E-state index is -7.69. The Kier molecular flexibility index (Phi) is 6.64. The van der Waals surface area contributed by atoms with Gasteiger partial charge in [0, 0.05) is 0 Å². The van der Waals surface area contributed by atoms with Crippen molar-refractivity contribution in [2.45, 2.75) is 75.6 Å². The van der Waals surface area contributed by atoms with Gasteiger partial charge in [0.25, 0.3) is 0 Å². The van der Waals surface area contributed by atoms with E-state index in [1.807, 2.05) is 13.8 Å². The number of alkyl halides is 14. The van der Waals surface area contributed by atoms with E-state index in [0.29, 0.717) is 6.42 Å². The highest BCUT2D eigenvalue weighted by Crippen LogP contribution is 2.76. The van der Waals surface area contributed by atoms with E-state index in [-0.39, 0.29) is 36.0 Å². The summed E-state index contributed by atoms with van der Waals surface area (Å²) in [6.07, 6.45) is -23.3. The van der Waals surface area contributed by atoms with Crippen LogP contribution in [0.25, 0.3) is 0 Å². The van der Waals surface area contributed by atoms with Gasteiger partial charge in [0.05, 0.1) is 13.0 Å². The lowest BCUT2D eigenvalue weighted by Gasteiger charge is -2.48. The maximum absolute atomic E-state index is 14.4. The van der Waals surface area contributed by atoms with Crippen molar-refractivity contribution >= 4 is 5.97 Å². The Morgan fingerprint density at radius 2 is 1.26 bits per heavy atom. The van der Waals surface area contributed by atoms with Gasteiger partial charge >= 0.3 is 42.0 Å². The zero-order valence-electron chi connectivity index (χ0n) is 20.3. The van der Waals surface area contributed by atoms with Gasteiger partial charge in [-0.3, -0.25) is 4.79 Å². The van der Waals surface area contributed by atoms with E-state index in [2.05, 4.69) is 4.74 Å². The maximum atomic E-state index is 14.4. The largest absolute Gasteiger partial charge is 0.465 e. The number of fused-ring (bicyclic) bond motifs is 9. The van der Waals surface area contributed by atoms with Crippen LogP contribution in [-0.4, -0.2) is 48.6 Å². The van der Waals surface area contributed by atoms with E-state index < -0.39 is 84.6 Å². The fourth-order valence-corrected chi connectivity index (χ4v) is 8.30. The zero-order chi connectivity index (χ0) is 29.9. The van der Waals surface area contributed by atoms with Crippen LogP contribution in [0.15, 0.2) is 0 Å². The highest BCUT2D eigenvalue weighted by atomic mass is 19.4. The molecule has 0 radical (unpaired) electrons. The molecule has 4 rings (SSSR count). The first-order valence-electron chi connectivity index (χ1n) is 12.2. The summed E-state index contributed by atoms with van der Waals surface area (Å²) in [5, 5.41) is 0. The standard InChI is InChI=1S/C23H24F14O2/c1-8-9(2)12-6-11(8)14-10-5-13(15(12)14)17(7-10,21(29,30)31)16(38)39-4-3-18(24,25)20(27,28)19(26,22(32,33)34)23(35,36)37/h8-15H,3-7H2,1-2H3.